The maximum atomic E-state index is 3.52. The molecule has 76 valence electrons. The summed E-state index contributed by atoms with van der Waals surface area (Å²) in [5.41, 5.74) is 1.41. The molecule has 1 saturated heterocycles. The van der Waals surface area contributed by atoms with Crippen LogP contribution in [0.15, 0.2) is 30.3 Å². The summed E-state index contributed by atoms with van der Waals surface area (Å²) < 4.78 is 0. The van der Waals surface area contributed by atoms with Crippen LogP contribution in [0.3, 0.4) is 0 Å². The zero-order chi connectivity index (χ0) is 9.97. The van der Waals surface area contributed by atoms with Crippen molar-refractivity contribution >= 4 is 0 Å². The lowest BCUT2D eigenvalue weighted by molar-refractivity contribution is 0.171. The lowest BCUT2D eigenvalue weighted by atomic mass is 10.0. The largest absolute Gasteiger partial charge is 0.311 e. The normalized spacial score (nSPS) is 29.0. The van der Waals surface area contributed by atoms with Crippen LogP contribution in [0.2, 0.25) is 0 Å². The fourth-order valence-corrected chi connectivity index (χ4v) is 2.14. The topological polar surface area (TPSA) is 15.3 Å². The number of nitrogens with zero attached hydrogens (tertiary/aromatic N) is 1. The van der Waals surface area contributed by atoms with Gasteiger partial charge in [0.1, 0.15) is 0 Å². The first-order valence-electron chi connectivity index (χ1n) is 5.26. The van der Waals surface area contributed by atoms with Gasteiger partial charge in [0.05, 0.1) is 0 Å². The van der Waals surface area contributed by atoms with Crippen molar-refractivity contribution < 1.29 is 0 Å². The van der Waals surface area contributed by atoms with Crippen molar-refractivity contribution in [3.05, 3.63) is 35.9 Å². The van der Waals surface area contributed by atoms with Gasteiger partial charge in [-0.15, -0.1) is 0 Å². The minimum absolute atomic E-state index is 0.535. The highest BCUT2D eigenvalue weighted by Crippen LogP contribution is 2.21. The molecule has 0 aliphatic carbocycles. The molecule has 0 aromatic heterocycles. The standard InChI is InChI=1S/C12H18N2/c1-10-9-14(2)12(8-13-10)11-6-4-3-5-7-11/h3-7,10,12-13H,8-9H2,1-2H3/t10-,12-/m1/s1. The summed E-state index contributed by atoms with van der Waals surface area (Å²) in [5, 5.41) is 3.52. The average molecular weight is 190 g/mol. The maximum absolute atomic E-state index is 3.52. The minimum atomic E-state index is 0.535. The second-order valence-electron chi connectivity index (χ2n) is 4.18. The van der Waals surface area contributed by atoms with Crippen LogP contribution in [0.25, 0.3) is 0 Å². The molecule has 1 aliphatic rings. The molecule has 1 N–H and O–H groups in total. The number of nitrogens with one attached hydrogen (secondary N) is 1. The van der Waals surface area contributed by atoms with E-state index in [1.165, 1.54) is 5.56 Å². The number of likely N-dealkylation sites (N-methyl/N-ethyl adjacent to an activating group) is 1. The van der Waals surface area contributed by atoms with Crippen LogP contribution >= 0.6 is 0 Å². The number of rotatable bonds is 1. The molecule has 0 spiro atoms. The Morgan fingerprint density at radius 2 is 2.00 bits per heavy atom. The summed E-state index contributed by atoms with van der Waals surface area (Å²) in [5.74, 6) is 0. The molecule has 14 heavy (non-hydrogen) atoms. The summed E-state index contributed by atoms with van der Waals surface area (Å²) in [7, 11) is 2.20. The Balaban J connectivity index is 2.12. The molecular formula is C12H18N2. The molecule has 0 unspecified atom stereocenters. The summed E-state index contributed by atoms with van der Waals surface area (Å²) >= 11 is 0. The van der Waals surface area contributed by atoms with Gasteiger partial charge >= 0.3 is 0 Å². The first-order valence-corrected chi connectivity index (χ1v) is 5.26. The summed E-state index contributed by atoms with van der Waals surface area (Å²) in [4.78, 5) is 2.43. The summed E-state index contributed by atoms with van der Waals surface area (Å²) in [6.45, 7) is 4.42. The van der Waals surface area contributed by atoms with E-state index in [9.17, 15) is 0 Å². The van der Waals surface area contributed by atoms with Gasteiger partial charge in [-0.1, -0.05) is 30.3 Å². The van der Waals surface area contributed by atoms with Crippen molar-refractivity contribution in [3.8, 4) is 0 Å². The van der Waals surface area contributed by atoms with Crippen molar-refractivity contribution in [2.24, 2.45) is 0 Å². The van der Waals surface area contributed by atoms with Gasteiger partial charge in [-0.2, -0.15) is 0 Å². The first-order chi connectivity index (χ1) is 6.77. The molecule has 2 heteroatoms. The summed E-state index contributed by atoms with van der Waals surface area (Å²) in [6.07, 6.45) is 0. The zero-order valence-corrected chi connectivity index (χ0v) is 8.90. The third kappa shape index (κ3) is 1.97. The maximum Gasteiger partial charge on any atom is 0.0470 e. The average Bonchev–Trinajstić information content (AvgIpc) is 2.19. The Morgan fingerprint density at radius 3 is 2.64 bits per heavy atom. The molecule has 0 bridgehead atoms. The van der Waals surface area contributed by atoms with Crippen LogP contribution in [-0.4, -0.2) is 31.1 Å². The Bertz CT molecular complexity index is 284. The monoisotopic (exact) mass is 190 g/mol. The van der Waals surface area contributed by atoms with Crippen molar-refractivity contribution in [2.45, 2.75) is 19.0 Å². The molecule has 1 aromatic carbocycles. The highest BCUT2D eigenvalue weighted by atomic mass is 15.2. The van der Waals surface area contributed by atoms with Crippen molar-refractivity contribution in [2.75, 3.05) is 20.1 Å². The zero-order valence-electron chi connectivity index (χ0n) is 8.90. The molecule has 0 radical (unpaired) electrons. The van der Waals surface area contributed by atoms with E-state index in [-0.39, 0.29) is 0 Å². The van der Waals surface area contributed by atoms with Gasteiger partial charge in [-0.3, -0.25) is 4.90 Å². The van der Waals surface area contributed by atoms with E-state index in [0.717, 1.165) is 13.1 Å². The number of hydrogen-bond acceptors (Lipinski definition) is 2. The van der Waals surface area contributed by atoms with Crippen molar-refractivity contribution in [3.63, 3.8) is 0 Å². The summed E-state index contributed by atoms with van der Waals surface area (Å²) in [6, 6.07) is 11.9. The molecule has 0 amide bonds. The molecule has 1 heterocycles. The van der Waals surface area contributed by atoms with E-state index in [2.05, 4.69) is 54.5 Å². The number of piperazine rings is 1. The Hall–Kier alpha value is -0.860. The third-order valence-corrected chi connectivity index (χ3v) is 2.94. The van der Waals surface area contributed by atoms with Gasteiger partial charge in [-0.05, 0) is 19.5 Å². The quantitative estimate of drug-likeness (QED) is 0.724. The second kappa shape index (κ2) is 4.11. The first kappa shape index (κ1) is 9.69. The van der Waals surface area contributed by atoms with Crippen LogP contribution in [0.5, 0.6) is 0 Å². The van der Waals surface area contributed by atoms with Gasteiger partial charge in [0.25, 0.3) is 0 Å². The van der Waals surface area contributed by atoms with E-state index >= 15 is 0 Å². The van der Waals surface area contributed by atoms with Crippen molar-refractivity contribution in [1.29, 1.82) is 0 Å². The van der Waals surface area contributed by atoms with Gasteiger partial charge in [0.15, 0.2) is 0 Å². The lowest BCUT2D eigenvalue weighted by Crippen LogP contribution is -2.49. The van der Waals surface area contributed by atoms with E-state index in [4.69, 9.17) is 0 Å². The molecular weight excluding hydrogens is 172 g/mol. The Kier molecular flexibility index (Phi) is 2.85. The highest BCUT2D eigenvalue weighted by Gasteiger charge is 2.23. The molecule has 2 nitrogen and oxygen atoms in total. The fraction of sp³-hybridized carbons (Fsp3) is 0.500. The van der Waals surface area contributed by atoms with Gasteiger partial charge in [0.2, 0.25) is 0 Å². The molecule has 0 saturated carbocycles. The fourth-order valence-electron chi connectivity index (χ4n) is 2.14. The van der Waals surface area contributed by atoms with E-state index < -0.39 is 0 Å². The predicted molar refractivity (Wildman–Crippen MR) is 59.3 cm³/mol. The van der Waals surface area contributed by atoms with E-state index in [0.29, 0.717) is 12.1 Å². The molecule has 2 rings (SSSR count). The molecule has 1 fully saturated rings. The second-order valence-corrected chi connectivity index (χ2v) is 4.18. The molecule has 1 aliphatic heterocycles. The number of benzene rings is 1. The van der Waals surface area contributed by atoms with Crippen LogP contribution < -0.4 is 5.32 Å². The van der Waals surface area contributed by atoms with Gasteiger partial charge < -0.3 is 5.32 Å². The van der Waals surface area contributed by atoms with Gasteiger partial charge in [0, 0.05) is 25.2 Å². The van der Waals surface area contributed by atoms with Crippen LogP contribution in [-0.2, 0) is 0 Å². The molecule has 2 atom stereocenters. The van der Waals surface area contributed by atoms with E-state index in [1.54, 1.807) is 0 Å². The minimum Gasteiger partial charge on any atom is -0.311 e. The van der Waals surface area contributed by atoms with Crippen LogP contribution in [0, 0.1) is 0 Å². The van der Waals surface area contributed by atoms with Crippen LogP contribution in [0.4, 0.5) is 0 Å². The molecule has 1 aromatic rings. The Labute approximate surface area is 85.9 Å². The Morgan fingerprint density at radius 1 is 1.29 bits per heavy atom. The van der Waals surface area contributed by atoms with Crippen LogP contribution in [0.1, 0.15) is 18.5 Å². The lowest BCUT2D eigenvalue weighted by Gasteiger charge is -2.37. The van der Waals surface area contributed by atoms with Gasteiger partial charge in [-0.25, -0.2) is 0 Å². The third-order valence-electron chi connectivity index (χ3n) is 2.94. The smallest absolute Gasteiger partial charge is 0.0470 e. The number of hydrogen-bond donors (Lipinski definition) is 1. The van der Waals surface area contributed by atoms with Crippen molar-refractivity contribution in [1.82, 2.24) is 10.2 Å². The van der Waals surface area contributed by atoms with E-state index in [1.807, 2.05) is 0 Å². The SMILES string of the molecule is C[C@@H]1CN(C)[C@@H](c2ccccc2)CN1. The predicted octanol–water partition coefficient (Wildman–Crippen LogP) is 1.65. The highest BCUT2D eigenvalue weighted by molar-refractivity contribution is 5.20.